The lowest BCUT2D eigenvalue weighted by Gasteiger charge is -2.28. The first-order valence-corrected chi connectivity index (χ1v) is 8.09. The lowest BCUT2D eigenvalue weighted by Crippen LogP contribution is -2.38. The molecule has 2 aromatic rings. The zero-order chi connectivity index (χ0) is 16.9. The van der Waals surface area contributed by atoms with Crippen LogP contribution in [0.25, 0.3) is 11.1 Å². The Morgan fingerprint density at radius 3 is 2.42 bits per heavy atom. The number of hydrogen-bond acceptors (Lipinski definition) is 4. The third-order valence-electron chi connectivity index (χ3n) is 4.32. The Morgan fingerprint density at radius 2 is 1.79 bits per heavy atom. The summed E-state index contributed by atoms with van der Waals surface area (Å²) >= 11 is 0. The molecule has 0 amide bonds. The normalized spacial score (nSPS) is 16.8. The molecule has 1 heterocycles. The Labute approximate surface area is 141 Å². The molecule has 5 heteroatoms. The molecule has 0 aliphatic carbocycles. The standard InChI is InChI=1S/C19H22FNO3/c1-23-19-7-6-16(12-17(19)20)14-2-4-15(5-3-14)18(22)13-21-8-10-24-11-9-21/h2-7,12,18,22H,8-11,13H2,1H3/t18-/m1/s1. The van der Waals surface area contributed by atoms with Crippen LogP contribution in [0, 0.1) is 5.82 Å². The molecule has 4 nitrogen and oxygen atoms in total. The average molecular weight is 331 g/mol. The minimum absolute atomic E-state index is 0.233. The Bertz CT molecular complexity index is 669. The molecule has 0 saturated carbocycles. The Kier molecular flexibility index (Phi) is 5.45. The van der Waals surface area contributed by atoms with Crippen LogP contribution in [0.5, 0.6) is 5.75 Å². The number of aliphatic hydroxyl groups excluding tert-OH is 1. The van der Waals surface area contributed by atoms with Crippen LogP contribution in [0.3, 0.4) is 0 Å². The number of β-amino-alcohol motifs (C(OH)–C–C–N with tert-alkyl or cyclic N) is 1. The molecular weight excluding hydrogens is 309 g/mol. The van der Waals surface area contributed by atoms with Crippen molar-refractivity contribution in [2.75, 3.05) is 40.0 Å². The van der Waals surface area contributed by atoms with Gasteiger partial charge in [-0.1, -0.05) is 30.3 Å². The van der Waals surface area contributed by atoms with E-state index in [9.17, 15) is 9.50 Å². The van der Waals surface area contributed by atoms with Gasteiger partial charge in [0.05, 0.1) is 26.4 Å². The smallest absolute Gasteiger partial charge is 0.165 e. The number of aliphatic hydroxyl groups is 1. The first-order valence-electron chi connectivity index (χ1n) is 8.09. The SMILES string of the molecule is COc1ccc(-c2ccc([C@H](O)CN3CCOCC3)cc2)cc1F. The summed E-state index contributed by atoms with van der Waals surface area (Å²) in [6.07, 6.45) is -0.537. The van der Waals surface area contributed by atoms with Crippen molar-refractivity contribution in [1.82, 2.24) is 4.90 Å². The van der Waals surface area contributed by atoms with E-state index in [4.69, 9.17) is 9.47 Å². The van der Waals surface area contributed by atoms with E-state index in [1.54, 1.807) is 6.07 Å². The van der Waals surface area contributed by atoms with Crippen LogP contribution in [-0.4, -0.2) is 50.0 Å². The monoisotopic (exact) mass is 331 g/mol. The quantitative estimate of drug-likeness (QED) is 0.915. The predicted octanol–water partition coefficient (Wildman–Crippen LogP) is 2.87. The fourth-order valence-electron chi connectivity index (χ4n) is 2.88. The highest BCUT2D eigenvalue weighted by Gasteiger charge is 2.16. The van der Waals surface area contributed by atoms with Gasteiger partial charge in [0.1, 0.15) is 0 Å². The molecule has 24 heavy (non-hydrogen) atoms. The molecule has 2 aromatic carbocycles. The molecular formula is C19H22FNO3. The summed E-state index contributed by atoms with van der Waals surface area (Å²) in [4.78, 5) is 2.20. The van der Waals surface area contributed by atoms with E-state index in [1.165, 1.54) is 13.2 Å². The van der Waals surface area contributed by atoms with Gasteiger partial charge in [0.25, 0.3) is 0 Å². The average Bonchev–Trinajstić information content (AvgIpc) is 2.62. The number of hydrogen-bond donors (Lipinski definition) is 1. The second-order valence-corrected chi connectivity index (χ2v) is 5.90. The van der Waals surface area contributed by atoms with Crippen LogP contribution >= 0.6 is 0 Å². The van der Waals surface area contributed by atoms with Crippen LogP contribution in [0.4, 0.5) is 4.39 Å². The number of methoxy groups -OCH3 is 1. The molecule has 0 unspecified atom stereocenters. The van der Waals surface area contributed by atoms with E-state index in [2.05, 4.69) is 4.90 Å². The highest BCUT2D eigenvalue weighted by atomic mass is 19.1. The molecule has 1 N–H and O–H groups in total. The molecule has 3 rings (SSSR count). The molecule has 1 aliphatic heterocycles. The fraction of sp³-hybridized carbons (Fsp3) is 0.368. The minimum atomic E-state index is -0.537. The van der Waals surface area contributed by atoms with Gasteiger partial charge < -0.3 is 14.6 Å². The summed E-state index contributed by atoms with van der Waals surface area (Å²) in [5, 5.41) is 10.4. The van der Waals surface area contributed by atoms with Crippen molar-refractivity contribution in [1.29, 1.82) is 0 Å². The summed E-state index contributed by atoms with van der Waals surface area (Å²) < 4.78 is 24.1. The molecule has 1 saturated heterocycles. The van der Waals surface area contributed by atoms with E-state index in [-0.39, 0.29) is 11.6 Å². The van der Waals surface area contributed by atoms with Crippen LogP contribution in [0.1, 0.15) is 11.7 Å². The van der Waals surface area contributed by atoms with Crippen LogP contribution < -0.4 is 4.74 Å². The summed E-state index contributed by atoms with van der Waals surface area (Å²) in [5.74, 6) is -0.150. The predicted molar refractivity (Wildman–Crippen MR) is 90.6 cm³/mol. The summed E-state index contributed by atoms with van der Waals surface area (Å²) in [5.41, 5.74) is 2.54. The zero-order valence-electron chi connectivity index (χ0n) is 13.7. The highest BCUT2D eigenvalue weighted by Crippen LogP contribution is 2.27. The van der Waals surface area contributed by atoms with E-state index in [0.717, 1.165) is 29.8 Å². The molecule has 0 radical (unpaired) electrons. The van der Waals surface area contributed by atoms with Gasteiger partial charge in [0.2, 0.25) is 0 Å². The van der Waals surface area contributed by atoms with Gasteiger partial charge in [-0.2, -0.15) is 0 Å². The summed E-state index contributed by atoms with van der Waals surface area (Å²) in [6.45, 7) is 3.73. The number of benzene rings is 2. The topological polar surface area (TPSA) is 41.9 Å². The van der Waals surface area contributed by atoms with Gasteiger partial charge in [-0.3, -0.25) is 4.90 Å². The van der Waals surface area contributed by atoms with Gasteiger partial charge in [0, 0.05) is 19.6 Å². The Balaban J connectivity index is 1.69. The molecule has 128 valence electrons. The van der Waals surface area contributed by atoms with Gasteiger partial charge in [0.15, 0.2) is 11.6 Å². The Hall–Kier alpha value is -1.95. The van der Waals surface area contributed by atoms with Crippen LogP contribution in [-0.2, 0) is 4.74 Å². The van der Waals surface area contributed by atoms with Gasteiger partial charge in [-0.15, -0.1) is 0 Å². The second kappa shape index (κ2) is 7.75. The fourth-order valence-corrected chi connectivity index (χ4v) is 2.88. The zero-order valence-corrected chi connectivity index (χ0v) is 13.7. The molecule has 0 bridgehead atoms. The number of rotatable bonds is 5. The maximum Gasteiger partial charge on any atom is 0.165 e. The third-order valence-corrected chi connectivity index (χ3v) is 4.32. The molecule has 0 aromatic heterocycles. The maximum atomic E-state index is 13.8. The van der Waals surface area contributed by atoms with Crippen LogP contribution in [0.2, 0.25) is 0 Å². The van der Waals surface area contributed by atoms with Gasteiger partial charge in [-0.25, -0.2) is 4.39 Å². The van der Waals surface area contributed by atoms with Crippen molar-refractivity contribution in [2.24, 2.45) is 0 Å². The number of halogens is 1. The van der Waals surface area contributed by atoms with Gasteiger partial charge in [-0.05, 0) is 28.8 Å². The van der Waals surface area contributed by atoms with E-state index >= 15 is 0 Å². The number of nitrogens with zero attached hydrogens (tertiary/aromatic N) is 1. The first-order chi connectivity index (χ1) is 11.7. The highest BCUT2D eigenvalue weighted by molar-refractivity contribution is 5.64. The first kappa shape index (κ1) is 16.9. The van der Waals surface area contributed by atoms with Crippen molar-refractivity contribution in [2.45, 2.75) is 6.10 Å². The third kappa shape index (κ3) is 3.93. The van der Waals surface area contributed by atoms with Crippen molar-refractivity contribution in [3.05, 3.63) is 53.8 Å². The Morgan fingerprint density at radius 1 is 1.12 bits per heavy atom. The molecule has 0 spiro atoms. The lowest BCUT2D eigenvalue weighted by atomic mass is 10.0. The van der Waals surface area contributed by atoms with Gasteiger partial charge >= 0.3 is 0 Å². The van der Waals surface area contributed by atoms with E-state index in [0.29, 0.717) is 19.8 Å². The molecule has 1 atom stereocenters. The largest absolute Gasteiger partial charge is 0.494 e. The number of morpholine rings is 1. The molecule has 1 aliphatic rings. The summed E-state index contributed by atoms with van der Waals surface area (Å²) in [7, 11) is 1.45. The minimum Gasteiger partial charge on any atom is -0.494 e. The van der Waals surface area contributed by atoms with Crippen molar-refractivity contribution in [3.8, 4) is 16.9 Å². The van der Waals surface area contributed by atoms with Crippen molar-refractivity contribution >= 4 is 0 Å². The molecule has 1 fully saturated rings. The van der Waals surface area contributed by atoms with Crippen molar-refractivity contribution < 1.29 is 19.0 Å². The lowest BCUT2D eigenvalue weighted by molar-refractivity contribution is 0.0143. The van der Waals surface area contributed by atoms with Crippen molar-refractivity contribution in [3.63, 3.8) is 0 Å². The number of ether oxygens (including phenoxy) is 2. The summed E-state index contributed by atoms with van der Waals surface area (Å²) in [6, 6.07) is 12.5. The van der Waals surface area contributed by atoms with E-state index in [1.807, 2.05) is 30.3 Å². The second-order valence-electron chi connectivity index (χ2n) is 5.90. The van der Waals surface area contributed by atoms with Crippen LogP contribution in [0.15, 0.2) is 42.5 Å². The van der Waals surface area contributed by atoms with E-state index < -0.39 is 6.10 Å². The maximum absolute atomic E-state index is 13.8.